The van der Waals surface area contributed by atoms with Crippen molar-refractivity contribution >= 4 is 0 Å². The van der Waals surface area contributed by atoms with Crippen molar-refractivity contribution in [2.45, 2.75) is 32.6 Å². The van der Waals surface area contributed by atoms with Crippen LogP contribution in [0.2, 0.25) is 0 Å². The Morgan fingerprint density at radius 1 is 1.36 bits per heavy atom. The van der Waals surface area contributed by atoms with Gasteiger partial charge in [0.05, 0.1) is 0 Å². The highest BCUT2D eigenvalue weighted by Crippen LogP contribution is 2.53. The second-order valence-corrected chi connectivity index (χ2v) is 4.00. The zero-order valence-electron chi connectivity index (χ0n) is 7.38. The molecule has 1 aliphatic carbocycles. The molecule has 0 radical (unpaired) electrons. The van der Waals surface area contributed by atoms with E-state index in [1.807, 2.05) is 0 Å². The van der Waals surface area contributed by atoms with Gasteiger partial charge in [-0.3, -0.25) is 0 Å². The molecule has 0 aromatic heterocycles. The summed E-state index contributed by atoms with van der Waals surface area (Å²) in [5.74, 6) is 3.09. The fourth-order valence-corrected chi connectivity index (χ4v) is 2.51. The van der Waals surface area contributed by atoms with E-state index in [-0.39, 0.29) is 0 Å². The lowest BCUT2D eigenvalue weighted by atomic mass is 10.1. The van der Waals surface area contributed by atoms with E-state index in [0.717, 1.165) is 31.0 Å². The van der Waals surface area contributed by atoms with Gasteiger partial charge in [-0.15, -0.1) is 0 Å². The topological polar surface area (TPSA) is 9.23 Å². The molecular formula is C10H18O. The van der Waals surface area contributed by atoms with Crippen molar-refractivity contribution in [3.63, 3.8) is 0 Å². The van der Waals surface area contributed by atoms with E-state index >= 15 is 0 Å². The summed E-state index contributed by atoms with van der Waals surface area (Å²) < 4.78 is 5.43. The van der Waals surface area contributed by atoms with Gasteiger partial charge in [0.25, 0.3) is 0 Å². The smallest absolute Gasteiger partial charge is 0.0499 e. The van der Waals surface area contributed by atoms with Gasteiger partial charge in [-0.2, -0.15) is 0 Å². The third-order valence-corrected chi connectivity index (χ3v) is 3.31. The van der Waals surface area contributed by atoms with Crippen molar-refractivity contribution in [1.29, 1.82) is 0 Å². The Hall–Kier alpha value is -0.0400. The molecule has 2 rings (SSSR count). The minimum Gasteiger partial charge on any atom is -0.381 e. The molecule has 11 heavy (non-hydrogen) atoms. The molecule has 1 heterocycles. The van der Waals surface area contributed by atoms with E-state index in [9.17, 15) is 0 Å². The summed E-state index contributed by atoms with van der Waals surface area (Å²) in [7, 11) is 0. The Labute approximate surface area is 69.1 Å². The van der Waals surface area contributed by atoms with Crippen LogP contribution < -0.4 is 0 Å². The molecule has 64 valence electrons. The van der Waals surface area contributed by atoms with Crippen LogP contribution in [0.1, 0.15) is 32.6 Å². The molecule has 0 aromatic carbocycles. The minimum absolute atomic E-state index is 0.968. The molecule has 1 nitrogen and oxygen atoms in total. The molecule has 1 saturated heterocycles. The number of fused-ring (bicyclic) bond motifs is 1. The number of rotatable bonds is 3. The van der Waals surface area contributed by atoms with Gasteiger partial charge in [-0.1, -0.05) is 19.8 Å². The molecule has 0 aromatic rings. The molecule has 1 saturated carbocycles. The van der Waals surface area contributed by atoms with E-state index in [4.69, 9.17) is 4.74 Å². The summed E-state index contributed by atoms with van der Waals surface area (Å²) in [6, 6.07) is 0. The SMILES string of the molecule is CCCCC1C2CCOCC12. The Balaban J connectivity index is 1.72. The molecule has 2 fully saturated rings. The maximum absolute atomic E-state index is 5.43. The van der Waals surface area contributed by atoms with Crippen LogP contribution in [0.3, 0.4) is 0 Å². The predicted molar refractivity (Wildman–Crippen MR) is 45.4 cm³/mol. The first-order chi connectivity index (χ1) is 5.43. The van der Waals surface area contributed by atoms with Gasteiger partial charge in [0.15, 0.2) is 0 Å². The van der Waals surface area contributed by atoms with E-state index in [0.29, 0.717) is 0 Å². The monoisotopic (exact) mass is 154 g/mol. The number of hydrogen-bond acceptors (Lipinski definition) is 1. The largest absolute Gasteiger partial charge is 0.381 e. The van der Waals surface area contributed by atoms with Gasteiger partial charge >= 0.3 is 0 Å². The maximum atomic E-state index is 5.43. The lowest BCUT2D eigenvalue weighted by Gasteiger charge is -2.07. The van der Waals surface area contributed by atoms with Crippen molar-refractivity contribution in [2.75, 3.05) is 13.2 Å². The highest BCUT2D eigenvalue weighted by Gasteiger charge is 2.50. The van der Waals surface area contributed by atoms with Gasteiger partial charge in [-0.05, 0) is 30.6 Å². The normalized spacial score (nSPS) is 41.7. The summed E-state index contributed by atoms with van der Waals surface area (Å²) in [6.45, 7) is 4.38. The molecule has 0 amide bonds. The first-order valence-corrected chi connectivity index (χ1v) is 5.01. The third-order valence-electron chi connectivity index (χ3n) is 3.31. The molecule has 2 aliphatic rings. The van der Waals surface area contributed by atoms with Gasteiger partial charge < -0.3 is 4.74 Å². The first kappa shape index (κ1) is 7.60. The average molecular weight is 154 g/mol. The highest BCUT2D eigenvalue weighted by atomic mass is 16.5. The summed E-state index contributed by atoms with van der Waals surface area (Å²) >= 11 is 0. The van der Waals surface area contributed by atoms with Crippen LogP contribution in [-0.4, -0.2) is 13.2 Å². The van der Waals surface area contributed by atoms with Crippen LogP contribution in [0.15, 0.2) is 0 Å². The lowest BCUT2D eigenvalue weighted by molar-refractivity contribution is 0.0884. The van der Waals surface area contributed by atoms with Crippen molar-refractivity contribution in [3.05, 3.63) is 0 Å². The van der Waals surface area contributed by atoms with E-state index in [1.54, 1.807) is 0 Å². The highest BCUT2D eigenvalue weighted by molar-refractivity contribution is 4.98. The molecule has 3 unspecified atom stereocenters. The van der Waals surface area contributed by atoms with Crippen LogP contribution in [0.5, 0.6) is 0 Å². The van der Waals surface area contributed by atoms with Crippen molar-refractivity contribution in [1.82, 2.24) is 0 Å². The molecule has 0 bridgehead atoms. The van der Waals surface area contributed by atoms with E-state index in [2.05, 4.69) is 6.92 Å². The van der Waals surface area contributed by atoms with Gasteiger partial charge in [-0.25, -0.2) is 0 Å². The van der Waals surface area contributed by atoms with Crippen LogP contribution in [0.4, 0.5) is 0 Å². The summed E-state index contributed by atoms with van der Waals surface area (Å²) in [6.07, 6.45) is 5.60. The Morgan fingerprint density at radius 2 is 2.27 bits per heavy atom. The summed E-state index contributed by atoms with van der Waals surface area (Å²) in [5.41, 5.74) is 0. The zero-order chi connectivity index (χ0) is 7.68. The zero-order valence-corrected chi connectivity index (χ0v) is 7.38. The first-order valence-electron chi connectivity index (χ1n) is 5.01. The number of unbranched alkanes of at least 4 members (excludes halogenated alkanes) is 1. The van der Waals surface area contributed by atoms with Gasteiger partial charge in [0, 0.05) is 13.2 Å². The number of ether oxygens (including phenoxy) is 1. The second kappa shape index (κ2) is 3.14. The van der Waals surface area contributed by atoms with Crippen LogP contribution in [0, 0.1) is 17.8 Å². The lowest BCUT2D eigenvalue weighted by Crippen LogP contribution is -2.06. The van der Waals surface area contributed by atoms with Gasteiger partial charge in [0.1, 0.15) is 0 Å². The maximum Gasteiger partial charge on any atom is 0.0499 e. The summed E-state index contributed by atoms with van der Waals surface area (Å²) in [5, 5.41) is 0. The summed E-state index contributed by atoms with van der Waals surface area (Å²) in [4.78, 5) is 0. The Kier molecular flexibility index (Phi) is 2.17. The fourth-order valence-electron chi connectivity index (χ4n) is 2.51. The van der Waals surface area contributed by atoms with Crippen LogP contribution >= 0.6 is 0 Å². The Morgan fingerprint density at radius 3 is 2.91 bits per heavy atom. The predicted octanol–water partition coefficient (Wildman–Crippen LogP) is 2.46. The minimum atomic E-state index is 0.968. The standard InChI is InChI=1S/C10H18O/c1-2-3-4-8-9-5-6-11-7-10(8)9/h8-10H,2-7H2,1H3. The average Bonchev–Trinajstić information content (AvgIpc) is 2.75. The van der Waals surface area contributed by atoms with E-state index < -0.39 is 0 Å². The fraction of sp³-hybridized carbons (Fsp3) is 1.00. The van der Waals surface area contributed by atoms with Crippen molar-refractivity contribution < 1.29 is 4.74 Å². The molecule has 3 atom stereocenters. The van der Waals surface area contributed by atoms with Crippen LogP contribution in [-0.2, 0) is 4.74 Å². The molecule has 0 spiro atoms. The van der Waals surface area contributed by atoms with Crippen molar-refractivity contribution in [3.8, 4) is 0 Å². The van der Waals surface area contributed by atoms with Crippen molar-refractivity contribution in [2.24, 2.45) is 17.8 Å². The van der Waals surface area contributed by atoms with E-state index in [1.165, 1.54) is 25.7 Å². The molecule has 0 N–H and O–H groups in total. The molecule has 1 aliphatic heterocycles. The third kappa shape index (κ3) is 1.44. The number of hydrogen-bond donors (Lipinski definition) is 0. The quantitative estimate of drug-likeness (QED) is 0.606. The van der Waals surface area contributed by atoms with Crippen LogP contribution in [0.25, 0.3) is 0 Å². The Bertz CT molecular complexity index is 121. The second-order valence-electron chi connectivity index (χ2n) is 4.00. The molecule has 1 heteroatoms. The molecular weight excluding hydrogens is 136 g/mol. The van der Waals surface area contributed by atoms with Gasteiger partial charge in [0.2, 0.25) is 0 Å².